The molecular formula is C13H21NO. The summed E-state index contributed by atoms with van der Waals surface area (Å²) in [5, 5.41) is 0. The highest BCUT2D eigenvalue weighted by molar-refractivity contribution is 5.20. The molecule has 1 aromatic rings. The Kier molecular flexibility index (Phi) is 5.19. The maximum Gasteiger partial charge on any atom is 0.142 e. The van der Waals surface area contributed by atoms with Crippen LogP contribution >= 0.6 is 0 Å². The first-order valence-corrected chi connectivity index (χ1v) is 5.62. The summed E-state index contributed by atoms with van der Waals surface area (Å²) in [6.45, 7) is 9.42. The lowest BCUT2D eigenvalue weighted by atomic mass is 10.2. The molecule has 84 valence electrons. The van der Waals surface area contributed by atoms with E-state index in [1.807, 2.05) is 30.3 Å². The predicted octanol–water partition coefficient (Wildman–Crippen LogP) is 3.00. The number of hydrogen-bond donors (Lipinski definition) is 0. The van der Waals surface area contributed by atoms with Gasteiger partial charge in [0.1, 0.15) is 12.5 Å². The van der Waals surface area contributed by atoms with Gasteiger partial charge in [0.2, 0.25) is 0 Å². The van der Waals surface area contributed by atoms with Crippen molar-refractivity contribution in [3.8, 4) is 5.75 Å². The molecule has 0 aliphatic carbocycles. The minimum Gasteiger partial charge on any atom is -0.478 e. The van der Waals surface area contributed by atoms with Crippen molar-refractivity contribution in [1.82, 2.24) is 4.90 Å². The Morgan fingerprint density at radius 1 is 1.20 bits per heavy atom. The fraction of sp³-hybridized carbons (Fsp3) is 0.538. The van der Waals surface area contributed by atoms with Gasteiger partial charge in [0.15, 0.2) is 0 Å². The second-order valence-corrected chi connectivity index (χ2v) is 4.15. The zero-order valence-electron chi connectivity index (χ0n) is 9.94. The number of hydrogen-bond acceptors (Lipinski definition) is 2. The molecule has 0 aliphatic rings. The van der Waals surface area contributed by atoms with Crippen molar-refractivity contribution in [3.05, 3.63) is 30.3 Å². The third-order valence-corrected chi connectivity index (χ3v) is 2.23. The van der Waals surface area contributed by atoms with Crippen LogP contribution in [0.4, 0.5) is 0 Å². The second kappa shape index (κ2) is 6.46. The standard InChI is InChI=1S/C13H21NO/c1-4-14(10-12(2)3)11-15-13-8-6-5-7-9-13/h5-9,12H,4,10-11H2,1-3H3. The van der Waals surface area contributed by atoms with E-state index >= 15 is 0 Å². The van der Waals surface area contributed by atoms with E-state index in [2.05, 4.69) is 25.7 Å². The summed E-state index contributed by atoms with van der Waals surface area (Å²) in [5.74, 6) is 1.63. The fourth-order valence-corrected chi connectivity index (χ4v) is 1.47. The molecule has 2 heteroatoms. The third-order valence-electron chi connectivity index (χ3n) is 2.23. The number of nitrogens with zero attached hydrogens (tertiary/aromatic N) is 1. The van der Waals surface area contributed by atoms with Crippen LogP contribution in [0.1, 0.15) is 20.8 Å². The van der Waals surface area contributed by atoms with E-state index in [1.165, 1.54) is 0 Å². The molecule has 0 unspecified atom stereocenters. The predicted molar refractivity (Wildman–Crippen MR) is 64.0 cm³/mol. The van der Waals surface area contributed by atoms with E-state index in [4.69, 9.17) is 4.74 Å². The van der Waals surface area contributed by atoms with Crippen LogP contribution in [0.25, 0.3) is 0 Å². The van der Waals surface area contributed by atoms with Crippen molar-refractivity contribution in [3.63, 3.8) is 0 Å². The second-order valence-electron chi connectivity index (χ2n) is 4.15. The van der Waals surface area contributed by atoms with Crippen molar-refractivity contribution in [1.29, 1.82) is 0 Å². The van der Waals surface area contributed by atoms with E-state index in [9.17, 15) is 0 Å². The van der Waals surface area contributed by atoms with E-state index in [0.29, 0.717) is 12.6 Å². The Labute approximate surface area is 92.9 Å². The minimum atomic E-state index is 0.679. The maximum atomic E-state index is 5.69. The summed E-state index contributed by atoms with van der Waals surface area (Å²) in [4.78, 5) is 2.30. The molecule has 2 nitrogen and oxygen atoms in total. The summed E-state index contributed by atoms with van der Waals surface area (Å²) in [7, 11) is 0. The lowest BCUT2D eigenvalue weighted by Gasteiger charge is -2.22. The van der Waals surface area contributed by atoms with Crippen LogP contribution in [-0.4, -0.2) is 24.7 Å². The molecule has 0 spiro atoms. The number of para-hydroxylation sites is 1. The molecule has 0 bridgehead atoms. The van der Waals surface area contributed by atoms with E-state index in [-0.39, 0.29) is 0 Å². The van der Waals surface area contributed by atoms with Crippen molar-refractivity contribution >= 4 is 0 Å². The first-order valence-electron chi connectivity index (χ1n) is 5.62. The van der Waals surface area contributed by atoms with Crippen LogP contribution in [0.2, 0.25) is 0 Å². The molecule has 0 fully saturated rings. The zero-order valence-corrected chi connectivity index (χ0v) is 9.94. The SMILES string of the molecule is CCN(COc1ccccc1)CC(C)C. The van der Waals surface area contributed by atoms with Crippen LogP contribution < -0.4 is 4.74 Å². The van der Waals surface area contributed by atoms with Gasteiger partial charge in [-0.15, -0.1) is 0 Å². The molecule has 0 amide bonds. The Hall–Kier alpha value is -1.02. The Balaban J connectivity index is 2.34. The van der Waals surface area contributed by atoms with Gasteiger partial charge in [0.05, 0.1) is 0 Å². The topological polar surface area (TPSA) is 12.5 Å². The average Bonchev–Trinajstić information content (AvgIpc) is 2.25. The Morgan fingerprint density at radius 3 is 2.40 bits per heavy atom. The van der Waals surface area contributed by atoms with Crippen LogP contribution in [0.5, 0.6) is 5.75 Å². The Bertz CT molecular complexity index is 258. The van der Waals surface area contributed by atoms with Gasteiger partial charge in [-0.25, -0.2) is 0 Å². The van der Waals surface area contributed by atoms with Gasteiger partial charge in [0, 0.05) is 6.54 Å². The van der Waals surface area contributed by atoms with Crippen molar-refractivity contribution in [2.75, 3.05) is 19.8 Å². The lowest BCUT2D eigenvalue weighted by molar-refractivity contribution is 0.119. The lowest BCUT2D eigenvalue weighted by Crippen LogP contribution is -2.31. The first kappa shape index (κ1) is 12.1. The number of rotatable bonds is 6. The van der Waals surface area contributed by atoms with Gasteiger partial charge < -0.3 is 4.74 Å². The van der Waals surface area contributed by atoms with Crippen molar-refractivity contribution in [2.45, 2.75) is 20.8 Å². The normalized spacial score (nSPS) is 11.0. The summed E-state index contributed by atoms with van der Waals surface area (Å²) < 4.78 is 5.69. The van der Waals surface area contributed by atoms with Gasteiger partial charge in [-0.1, -0.05) is 39.0 Å². The highest BCUT2D eigenvalue weighted by atomic mass is 16.5. The van der Waals surface area contributed by atoms with Crippen molar-refractivity contribution in [2.24, 2.45) is 5.92 Å². The number of ether oxygens (including phenoxy) is 1. The van der Waals surface area contributed by atoms with Gasteiger partial charge in [0.25, 0.3) is 0 Å². The van der Waals surface area contributed by atoms with Gasteiger partial charge in [-0.3, -0.25) is 4.90 Å². The van der Waals surface area contributed by atoms with Crippen molar-refractivity contribution < 1.29 is 4.74 Å². The molecule has 0 heterocycles. The smallest absolute Gasteiger partial charge is 0.142 e. The Morgan fingerprint density at radius 2 is 1.87 bits per heavy atom. The van der Waals surface area contributed by atoms with Crippen LogP contribution in [0.15, 0.2) is 30.3 Å². The molecule has 0 saturated heterocycles. The van der Waals surface area contributed by atoms with E-state index in [0.717, 1.165) is 18.8 Å². The minimum absolute atomic E-state index is 0.679. The molecule has 1 aromatic carbocycles. The third kappa shape index (κ3) is 4.84. The summed E-state index contributed by atoms with van der Waals surface area (Å²) in [5.41, 5.74) is 0. The summed E-state index contributed by atoms with van der Waals surface area (Å²) >= 11 is 0. The summed E-state index contributed by atoms with van der Waals surface area (Å²) in [6.07, 6.45) is 0. The van der Waals surface area contributed by atoms with E-state index < -0.39 is 0 Å². The van der Waals surface area contributed by atoms with Gasteiger partial charge >= 0.3 is 0 Å². The van der Waals surface area contributed by atoms with Gasteiger partial charge in [-0.2, -0.15) is 0 Å². The molecule has 0 N–H and O–H groups in total. The quantitative estimate of drug-likeness (QED) is 0.665. The van der Waals surface area contributed by atoms with Crippen LogP contribution in [0, 0.1) is 5.92 Å². The summed E-state index contributed by atoms with van der Waals surface area (Å²) in [6, 6.07) is 9.97. The molecule has 0 radical (unpaired) electrons. The largest absolute Gasteiger partial charge is 0.478 e. The highest BCUT2D eigenvalue weighted by Crippen LogP contribution is 2.09. The zero-order chi connectivity index (χ0) is 11.1. The monoisotopic (exact) mass is 207 g/mol. The molecule has 0 atom stereocenters. The molecule has 0 aliphatic heterocycles. The fourth-order valence-electron chi connectivity index (χ4n) is 1.47. The average molecular weight is 207 g/mol. The highest BCUT2D eigenvalue weighted by Gasteiger charge is 2.04. The van der Waals surface area contributed by atoms with Crippen LogP contribution in [0.3, 0.4) is 0 Å². The first-order chi connectivity index (χ1) is 7.22. The van der Waals surface area contributed by atoms with Crippen LogP contribution in [-0.2, 0) is 0 Å². The molecule has 0 aromatic heterocycles. The molecular weight excluding hydrogens is 186 g/mol. The van der Waals surface area contributed by atoms with E-state index in [1.54, 1.807) is 0 Å². The molecule has 15 heavy (non-hydrogen) atoms. The molecule has 1 rings (SSSR count). The maximum absolute atomic E-state index is 5.69. The van der Waals surface area contributed by atoms with Gasteiger partial charge in [-0.05, 0) is 24.6 Å². The molecule has 0 saturated carbocycles. The number of benzene rings is 1.